The second kappa shape index (κ2) is 13.7. The molecule has 0 atom stereocenters. The number of nitrogens with one attached hydrogen (secondary N) is 1. The maximum atomic E-state index is 13.0. The zero-order chi connectivity index (χ0) is 29.3. The van der Waals surface area contributed by atoms with E-state index in [9.17, 15) is 26.4 Å². The Kier molecular flexibility index (Phi) is 10.6. The first-order valence-corrected chi connectivity index (χ1v) is 13.3. The first-order chi connectivity index (χ1) is 18.9. The van der Waals surface area contributed by atoms with E-state index >= 15 is 0 Å². The topological polar surface area (TPSA) is 116 Å². The Morgan fingerprint density at radius 3 is 2.48 bits per heavy atom. The van der Waals surface area contributed by atoms with Crippen LogP contribution < -0.4 is 14.2 Å². The van der Waals surface area contributed by atoms with Gasteiger partial charge in [0.25, 0.3) is 0 Å². The standard InChI is InChI=1S/C25H25ClF3N3O7S/c1-32(15-17-6-4-3-5-7-17)40(34,35)31-24(33)38-16-18-8-9-20(37-11-10-36-2)13-22(18)39-23-21(26)12-19(14-30-23)25(27,28)29/h3-9,12-14H,10-11,15-16H2,1-2H3,(H,31,33). The van der Waals surface area contributed by atoms with Crippen molar-refractivity contribution in [3.8, 4) is 17.4 Å². The first-order valence-electron chi connectivity index (χ1n) is 11.5. The molecule has 0 radical (unpaired) electrons. The van der Waals surface area contributed by atoms with Gasteiger partial charge in [0.2, 0.25) is 5.88 Å². The number of rotatable bonds is 12. The van der Waals surface area contributed by atoms with Gasteiger partial charge in [-0.1, -0.05) is 41.9 Å². The Morgan fingerprint density at radius 2 is 1.82 bits per heavy atom. The van der Waals surface area contributed by atoms with E-state index in [-0.39, 0.29) is 37.0 Å². The van der Waals surface area contributed by atoms with Gasteiger partial charge in [-0.2, -0.15) is 25.9 Å². The van der Waals surface area contributed by atoms with Gasteiger partial charge in [-0.3, -0.25) is 0 Å². The predicted octanol–water partition coefficient (Wildman–Crippen LogP) is 5.17. The van der Waals surface area contributed by atoms with E-state index in [0.29, 0.717) is 23.6 Å². The van der Waals surface area contributed by atoms with Crippen LogP contribution in [0.2, 0.25) is 5.02 Å². The Labute approximate surface area is 233 Å². The van der Waals surface area contributed by atoms with Crippen LogP contribution in [0, 0.1) is 0 Å². The molecule has 40 heavy (non-hydrogen) atoms. The van der Waals surface area contributed by atoms with E-state index in [4.69, 9.17) is 30.5 Å². The summed E-state index contributed by atoms with van der Waals surface area (Å²) in [7, 11) is -1.46. The van der Waals surface area contributed by atoms with Crippen molar-refractivity contribution in [2.24, 2.45) is 0 Å². The average Bonchev–Trinajstić information content (AvgIpc) is 2.89. The van der Waals surface area contributed by atoms with Gasteiger partial charge in [0.15, 0.2) is 0 Å². The SMILES string of the molecule is COCCOc1ccc(COC(=O)NS(=O)(=O)N(C)Cc2ccccc2)c(Oc2ncc(C(F)(F)F)cc2Cl)c1. The average molecular weight is 604 g/mol. The molecule has 0 bridgehead atoms. The lowest BCUT2D eigenvalue weighted by Crippen LogP contribution is -2.41. The number of hydrogen-bond acceptors (Lipinski definition) is 8. The molecule has 3 rings (SSSR count). The van der Waals surface area contributed by atoms with Crippen molar-refractivity contribution in [3.05, 3.63) is 82.5 Å². The Hall–Kier alpha value is -3.59. The number of pyridine rings is 1. The fourth-order valence-electron chi connectivity index (χ4n) is 3.12. The number of aromatic nitrogens is 1. The number of alkyl halides is 3. The highest BCUT2D eigenvalue weighted by molar-refractivity contribution is 7.87. The number of hydrogen-bond donors (Lipinski definition) is 1. The van der Waals surface area contributed by atoms with E-state index < -0.39 is 39.7 Å². The van der Waals surface area contributed by atoms with E-state index in [1.165, 1.54) is 32.4 Å². The van der Waals surface area contributed by atoms with Gasteiger partial charge < -0.3 is 18.9 Å². The maximum absolute atomic E-state index is 13.0. The van der Waals surface area contributed by atoms with Gasteiger partial charge in [-0.15, -0.1) is 0 Å². The molecule has 0 aliphatic carbocycles. The van der Waals surface area contributed by atoms with Gasteiger partial charge in [-0.05, 0) is 23.8 Å². The number of halogens is 4. The third-order valence-electron chi connectivity index (χ3n) is 5.17. The minimum Gasteiger partial charge on any atom is -0.491 e. The number of carbonyl (C=O) groups is 1. The van der Waals surface area contributed by atoms with Crippen LogP contribution in [0.15, 0.2) is 60.8 Å². The summed E-state index contributed by atoms with van der Waals surface area (Å²) in [4.78, 5) is 16.0. The second-order valence-corrected chi connectivity index (χ2v) is 10.3. The largest absolute Gasteiger partial charge is 0.491 e. The number of methoxy groups -OCH3 is 1. The summed E-state index contributed by atoms with van der Waals surface area (Å²) in [5.74, 6) is -0.0612. The molecule has 15 heteroatoms. The zero-order valence-electron chi connectivity index (χ0n) is 21.3. The summed E-state index contributed by atoms with van der Waals surface area (Å²) in [5, 5.41) is -0.419. The lowest BCUT2D eigenvalue weighted by atomic mass is 10.2. The Morgan fingerprint density at radius 1 is 1.10 bits per heavy atom. The Bertz CT molecular complexity index is 1410. The molecule has 0 saturated heterocycles. The molecule has 0 aliphatic heterocycles. The summed E-state index contributed by atoms with van der Waals surface area (Å²) in [6.45, 7) is -0.00883. The molecule has 2 aromatic carbocycles. The van der Waals surface area contributed by atoms with Crippen molar-refractivity contribution in [2.45, 2.75) is 19.3 Å². The summed E-state index contributed by atoms with van der Waals surface area (Å²) >= 11 is 5.97. The lowest BCUT2D eigenvalue weighted by Gasteiger charge is -2.18. The van der Waals surface area contributed by atoms with E-state index in [2.05, 4.69) is 4.98 Å². The normalized spacial score (nSPS) is 11.8. The third kappa shape index (κ3) is 8.98. The van der Waals surface area contributed by atoms with Crippen LogP contribution in [0.1, 0.15) is 16.7 Å². The molecule has 216 valence electrons. The van der Waals surface area contributed by atoms with Crippen molar-refractivity contribution in [1.82, 2.24) is 14.0 Å². The van der Waals surface area contributed by atoms with Crippen molar-refractivity contribution in [1.29, 1.82) is 0 Å². The molecule has 0 spiro atoms. The molecule has 1 heterocycles. The van der Waals surface area contributed by atoms with Crippen LogP contribution in [0.5, 0.6) is 17.4 Å². The van der Waals surface area contributed by atoms with Crippen LogP contribution in [-0.4, -0.2) is 51.2 Å². The molecule has 1 aromatic heterocycles. The van der Waals surface area contributed by atoms with Gasteiger partial charge in [0.1, 0.15) is 29.7 Å². The van der Waals surface area contributed by atoms with Gasteiger partial charge in [-0.25, -0.2) is 14.5 Å². The predicted molar refractivity (Wildman–Crippen MR) is 138 cm³/mol. The highest BCUT2D eigenvalue weighted by Crippen LogP contribution is 2.36. The number of amides is 1. The number of benzene rings is 2. The molecular weight excluding hydrogens is 579 g/mol. The molecule has 1 N–H and O–H groups in total. The monoisotopic (exact) mass is 603 g/mol. The van der Waals surface area contributed by atoms with Crippen LogP contribution in [0.3, 0.4) is 0 Å². The van der Waals surface area contributed by atoms with Crippen LogP contribution in [-0.2, 0) is 39.0 Å². The summed E-state index contributed by atoms with van der Waals surface area (Å²) in [5.41, 5.74) is -0.156. The van der Waals surface area contributed by atoms with E-state index in [1.807, 2.05) is 4.72 Å². The van der Waals surface area contributed by atoms with Crippen molar-refractivity contribution in [3.63, 3.8) is 0 Å². The van der Waals surface area contributed by atoms with Crippen molar-refractivity contribution < 1.29 is 45.3 Å². The highest BCUT2D eigenvalue weighted by Gasteiger charge is 2.32. The summed E-state index contributed by atoms with van der Waals surface area (Å²) in [6.07, 6.45) is -5.37. The second-order valence-electron chi connectivity index (χ2n) is 8.15. The third-order valence-corrected chi connectivity index (χ3v) is 6.81. The van der Waals surface area contributed by atoms with Gasteiger partial charge >= 0.3 is 22.5 Å². The van der Waals surface area contributed by atoms with Crippen LogP contribution >= 0.6 is 11.6 Å². The molecule has 0 unspecified atom stereocenters. The molecule has 0 aliphatic rings. The quantitative estimate of drug-likeness (QED) is 0.282. The number of ether oxygens (including phenoxy) is 4. The fraction of sp³-hybridized carbons (Fsp3) is 0.280. The molecule has 10 nitrogen and oxygen atoms in total. The van der Waals surface area contributed by atoms with Crippen LogP contribution in [0.4, 0.5) is 18.0 Å². The number of carbonyl (C=O) groups excluding carboxylic acids is 1. The van der Waals surface area contributed by atoms with E-state index in [0.717, 1.165) is 4.31 Å². The van der Waals surface area contributed by atoms with Crippen LogP contribution in [0.25, 0.3) is 0 Å². The van der Waals surface area contributed by atoms with Gasteiger partial charge in [0.05, 0.1) is 12.2 Å². The Balaban J connectivity index is 1.74. The lowest BCUT2D eigenvalue weighted by molar-refractivity contribution is -0.137. The fourth-order valence-corrected chi connectivity index (χ4v) is 4.07. The van der Waals surface area contributed by atoms with Gasteiger partial charge in [0, 0.05) is 38.5 Å². The molecule has 0 fully saturated rings. The molecule has 3 aromatic rings. The van der Waals surface area contributed by atoms with E-state index in [1.54, 1.807) is 30.3 Å². The summed E-state index contributed by atoms with van der Waals surface area (Å²) < 4.78 is 87.9. The molecule has 0 saturated carbocycles. The maximum Gasteiger partial charge on any atom is 0.422 e. The highest BCUT2D eigenvalue weighted by atomic mass is 35.5. The minimum absolute atomic E-state index is 0.00681. The molecule has 1 amide bonds. The minimum atomic E-state index is -4.66. The first kappa shape index (κ1) is 30.9. The van der Waals surface area contributed by atoms with Crippen molar-refractivity contribution >= 4 is 27.9 Å². The zero-order valence-corrected chi connectivity index (χ0v) is 22.8. The smallest absolute Gasteiger partial charge is 0.422 e. The number of nitrogens with zero attached hydrogens (tertiary/aromatic N) is 2. The molecular formula is C25H25ClF3N3O7S. The van der Waals surface area contributed by atoms with Crippen molar-refractivity contribution in [2.75, 3.05) is 27.4 Å². The summed E-state index contributed by atoms with van der Waals surface area (Å²) in [6, 6.07) is 13.8.